The molecule has 4 nitrogen and oxygen atoms in total. The van der Waals surface area contributed by atoms with Gasteiger partial charge in [0, 0.05) is 37.9 Å². The minimum Gasteiger partial charge on any atom is -0.463 e. The maximum absolute atomic E-state index is 11.8. The lowest BCUT2D eigenvalue weighted by molar-refractivity contribution is -0.137. The summed E-state index contributed by atoms with van der Waals surface area (Å²) >= 11 is 0. The van der Waals surface area contributed by atoms with Gasteiger partial charge in [0.2, 0.25) is 0 Å². The average Bonchev–Trinajstić information content (AvgIpc) is 2.81. The third-order valence-electron chi connectivity index (χ3n) is 7.69. The van der Waals surface area contributed by atoms with Crippen LogP contribution >= 0.6 is 0 Å². The first-order chi connectivity index (χ1) is 15.8. The summed E-state index contributed by atoms with van der Waals surface area (Å²) in [5.41, 5.74) is 4.39. The number of hydrogen-bond acceptors (Lipinski definition) is 4. The van der Waals surface area contributed by atoms with Gasteiger partial charge >= 0.3 is 5.97 Å². The quantitative estimate of drug-likeness (QED) is 0.331. The molecule has 33 heavy (non-hydrogen) atoms. The van der Waals surface area contributed by atoms with Gasteiger partial charge in [-0.3, -0.25) is 4.90 Å². The molecule has 0 bridgehead atoms. The molecule has 1 aromatic carbocycles. The fourth-order valence-electron chi connectivity index (χ4n) is 5.50. The maximum Gasteiger partial charge on any atom is 0.330 e. The summed E-state index contributed by atoms with van der Waals surface area (Å²) in [5, 5.41) is 0. The van der Waals surface area contributed by atoms with Crippen molar-refractivity contribution in [1.82, 2.24) is 4.90 Å². The number of rotatable bonds is 8. The summed E-state index contributed by atoms with van der Waals surface area (Å²) in [4.78, 5) is 17.0. The topological polar surface area (TPSA) is 32.8 Å². The van der Waals surface area contributed by atoms with Gasteiger partial charge in [0.25, 0.3) is 0 Å². The molecule has 2 fully saturated rings. The van der Waals surface area contributed by atoms with E-state index in [1.807, 2.05) is 13.0 Å². The van der Waals surface area contributed by atoms with Crippen LogP contribution in [0, 0.1) is 11.3 Å². The Hall–Kier alpha value is -1.81. The number of hydrogen-bond donors (Lipinski definition) is 0. The average molecular weight is 455 g/mol. The summed E-state index contributed by atoms with van der Waals surface area (Å²) in [6.45, 7) is 17.4. The van der Waals surface area contributed by atoms with Gasteiger partial charge < -0.3 is 9.64 Å². The fourth-order valence-corrected chi connectivity index (χ4v) is 5.50. The van der Waals surface area contributed by atoms with E-state index in [0.29, 0.717) is 17.9 Å². The van der Waals surface area contributed by atoms with Crippen molar-refractivity contribution in [3.05, 3.63) is 35.4 Å². The van der Waals surface area contributed by atoms with Gasteiger partial charge in [0.15, 0.2) is 0 Å². The first kappa shape index (κ1) is 25.8. The zero-order valence-electron chi connectivity index (χ0n) is 21.7. The van der Waals surface area contributed by atoms with Gasteiger partial charge in [-0.2, -0.15) is 0 Å². The number of piperazine rings is 1. The van der Waals surface area contributed by atoms with Gasteiger partial charge in [0.1, 0.15) is 0 Å². The normalized spacial score (nSPS) is 22.6. The van der Waals surface area contributed by atoms with Crippen molar-refractivity contribution in [3.8, 4) is 0 Å². The molecule has 1 saturated heterocycles. The van der Waals surface area contributed by atoms with E-state index >= 15 is 0 Å². The van der Waals surface area contributed by atoms with Crippen LogP contribution in [-0.4, -0.2) is 50.2 Å². The molecule has 0 spiro atoms. The predicted molar refractivity (Wildman–Crippen MR) is 140 cm³/mol. The van der Waals surface area contributed by atoms with Crippen LogP contribution < -0.4 is 4.90 Å². The van der Waals surface area contributed by atoms with Crippen LogP contribution in [0.25, 0.3) is 6.08 Å². The number of benzene rings is 1. The summed E-state index contributed by atoms with van der Waals surface area (Å²) in [7, 11) is 0. The Morgan fingerprint density at radius 2 is 1.76 bits per heavy atom. The van der Waals surface area contributed by atoms with E-state index in [-0.39, 0.29) is 5.97 Å². The molecular formula is C29H46N2O2. The first-order valence-electron chi connectivity index (χ1n) is 13.3. The van der Waals surface area contributed by atoms with Gasteiger partial charge in [-0.1, -0.05) is 46.2 Å². The Bertz CT molecular complexity index is 779. The van der Waals surface area contributed by atoms with E-state index in [1.54, 1.807) is 6.08 Å². The Labute approximate surface area is 202 Å². The Morgan fingerprint density at radius 1 is 1.06 bits per heavy atom. The number of nitrogens with zero attached hydrogens (tertiary/aromatic N) is 2. The second kappa shape index (κ2) is 12.1. The van der Waals surface area contributed by atoms with Crippen LogP contribution in [0.1, 0.15) is 90.2 Å². The van der Waals surface area contributed by atoms with E-state index in [0.717, 1.165) is 37.7 Å². The summed E-state index contributed by atoms with van der Waals surface area (Å²) < 4.78 is 5.07. The minimum absolute atomic E-state index is 0.270. The van der Waals surface area contributed by atoms with Crippen LogP contribution in [0.5, 0.6) is 0 Å². The van der Waals surface area contributed by atoms with Crippen molar-refractivity contribution in [1.29, 1.82) is 0 Å². The molecule has 1 aromatic rings. The highest BCUT2D eigenvalue weighted by Gasteiger charge is 2.32. The van der Waals surface area contributed by atoms with Crippen LogP contribution in [-0.2, 0) is 9.53 Å². The standard InChI is InChI=1S/C29H46N2O2/c1-6-8-17-30-18-20-31(21-19-30)27-22-23(10-16-28(32)33-7-2)9-15-26(27)24-11-13-25(14-12-24)29(3,4)5/h9-10,15-16,22,24-25H,6-8,11-14,17-21H2,1-5H3/b16-10+. The van der Waals surface area contributed by atoms with Crippen LogP contribution in [0.3, 0.4) is 0 Å². The van der Waals surface area contributed by atoms with Gasteiger partial charge in [-0.05, 0) is 86.1 Å². The lowest BCUT2D eigenvalue weighted by Crippen LogP contribution is -2.47. The number of ether oxygens (including phenoxy) is 1. The first-order valence-corrected chi connectivity index (χ1v) is 13.3. The predicted octanol–water partition coefficient (Wildman–Crippen LogP) is 6.50. The zero-order valence-corrected chi connectivity index (χ0v) is 21.7. The van der Waals surface area contributed by atoms with Crippen molar-refractivity contribution in [2.45, 2.75) is 79.1 Å². The van der Waals surface area contributed by atoms with Crippen molar-refractivity contribution >= 4 is 17.7 Å². The Morgan fingerprint density at radius 3 is 2.36 bits per heavy atom. The van der Waals surface area contributed by atoms with E-state index in [1.165, 1.54) is 56.3 Å². The van der Waals surface area contributed by atoms with Gasteiger partial charge in [-0.15, -0.1) is 0 Å². The Balaban J connectivity index is 1.78. The third-order valence-corrected chi connectivity index (χ3v) is 7.69. The number of esters is 1. The lowest BCUT2D eigenvalue weighted by atomic mass is 9.68. The van der Waals surface area contributed by atoms with Crippen molar-refractivity contribution in [2.24, 2.45) is 11.3 Å². The summed E-state index contributed by atoms with van der Waals surface area (Å²) in [6, 6.07) is 6.83. The SMILES string of the molecule is CCCCN1CCN(c2cc(/C=C/C(=O)OCC)ccc2C2CCC(C(C)(C)C)CC2)CC1. The molecule has 0 aromatic heterocycles. The van der Waals surface area contributed by atoms with E-state index < -0.39 is 0 Å². The molecule has 3 rings (SSSR count). The van der Waals surface area contributed by atoms with Crippen molar-refractivity contribution in [2.75, 3.05) is 44.2 Å². The Kier molecular flexibility index (Phi) is 9.43. The van der Waals surface area contributed by atoms with Crippen LogP contribution in [0.4, 0.5) is 5.69 Å². The van der Waals surface area contributed by atoms with Gasteiger partial charge in [-0.25, -0.2) is 4.79 Å². The molecule has 184 valence electrons. The highest BCUT2D eigenvalue weighted by Crippen LogP contribution is 2.45. The molecule has 1 heterocycles. The second-order valence-corrected chi connectivity index (χ2v) is 11.0. The zero-order chi connectivity index (χ0) is 23.8. The minimum atomic E-state index is -0.270. The second-order valence-electron chi connectivity index (χ2n) is 11.0. The lowest BCUT2D eigenvalue weighted by Gasteiger charge is -2.40. The number of carbonyl (C=O) groups is 1. The number of unbranched alkanes of at least 4 members (excludes halogenated alkanes) is 1. The van der Waals surface area contributed by atoms with Crippen LogP contribution in [0.15, 0.2) is 24.3 Å². The summed E-state index contributed by atoms with van der Waals surface area (Å²) in [5.74, 6) is 1.19. The van der Waals surface area contributed by atoms with Crippen molar-refractivity contribution in [3.63, 3.8) is 0 Å². The smallest absolute Gasteiger partial charge is 0.330 e. The van der Waals surface area contributed by atoms with Gasteiger partial charge in [0.05, 0.1) is 6.61 Å². The molecule has 0 unspecified atom stereocenters. The molecule has 1 aliphatic carbocycles. The highest BCUT2D eigenvalue weighted by atomic mass is 16.5. The molecule has 0 amide bonds. The maximum atomic E-state index is 11.8. The molecule has 0 radical (unpaired) electrons. The molecule has 1 aliphatic heterocycles. The van der Waals surface area contributed by atoms with E-state index in [9.17, 15) is 4.79 Å². The molecule has 4 heteroatoms. The van der Waals surface area contributed by atoms with Crippen molar-refractivity contribution < 1.29 is 9.53 Å². The van der Waals surface area contributed by atoms with E-state index in [4.69, 9.17) is 4.74 Å². The largest absolute Gasteiger partial charge is 0.463 e. The fraction of sp³-hybridized carbons (Fsp3) is 0.690. The highest BCUT2D eigenvalue weighted by molar-refractivity contribution is 5.87. The van der Waals surface area contributed by atoms with E-state index in [2.05, 4.69) is 55.7 Å². The monoisotopic (exact) mass is 454 g/mol. The number of anilines is 1. The molecule has 0 atom stereocenters. The molecule has 0 N–H and O–H groups in total. The molecular weight excluding hydrogens is 408 g/mol. The molecule has 1 saturated carbocycles. The third kappa shape index (κ3) is 7.34. The molecule has 2 aliphatic rings. The van der Waals surface area contributed by atoms with Crippen LogP contribution in [0.2, 0.25) is 0 Å². The summed E-state index contributed by atoms with van der Waals surface area (Å²) in [6.07, 6.45) is 11.2. The number of carbonyl (C=O) groups excluding carboxylic acids is 1.